The van der Waals surface area contributed by atoms with Crippen LogP contribution in [-0.2, 0) is 9.53 Å². The van der Waals surface area contributed by atoms with Crippen molar-refractivity contribution < 1.29 is 19.0 Å². The Bertz CT molecular complexity index is 429. The maximum Gasteiger partial charge on any atom is 0.336 e. The largest absolute Gasteiger partial charge is 0.462 e. The molecule has 1 aromatic carbocycles. The summed E-state index contributed by atoms with van der Waals surface area (Å²) in [4.78, 5) is 11.5. The number of unbranched alkanes of at least 4 members (excludes halogenated alkanes) is 1. The molecule has 0 saturated carbocycles. The SMILES string of the molecule is C=C(C(=O)OCCCC)C(O)c1cccc(F)c1. The Morgan fingerprint density at radius 1 is 1.56 bits per heavy atom. The van der Waals surface area contributed by atoms with Crippen molar-refractivity contribution in [2.45, 2.75) is 25.9 Å². The highest BCUT2D eigenvalue weighted by molar-refractivity contribution is 5.89. The normalized spacial score (nSPS) is 11.9. The molecule has 18 heavy (non-hydrogen) atoms. The Hall–Kier alpha value is -1.68. The molecule has 98 valence electrons. The number of aliphatic hydroxyl groups excluding tert-OH is 1. The number of halogens is 1. The minimum atomic E-state index is -1.24. The monoisotopic (exact) mass is 252 g/mol. The first-order valence-corrected chi connectivity index (χ1v) is 5.85. The van der Waals surface area contributed by atoms with Crippen molar-refractivity contribution in [2.24, 2.45) is 0 Å². The zero-order valence-corrected chi connectivity index (χ0v) is 10.4. The Balaban J connectivity index is 2.63. The fourth-order valence-corrected chi connectivity index (χ4v) is 1.39. The van der Waals surface area contributed by atoms with Crippen LogP contribution in [0.25, 0.3) is 0 Å². The summed E-state index contributed by atoms with van der Waals surface area (Å²) >= 11 is 0. The fraction of sp³-hybridized carbons (Fsp3) is 0.357. The fourth-order valence-electron chi connectivity index (χ4n) is 1.39. The molecule has 0 aliphatic heterocycles. The van der Waals surface area contributed by atoms with Gasteiger partial charge in [0.25, 0.3) is 0 Å². The second kappa shape index (κ2) is 6.91. The van der Waals surface area contributed by atoms with Gasteiger partial charge in [0, 0.05) is 0 Å². The van der Waals surface area contributed by atoms with Gasteiger partial charge < -0.3 is 9.84 Å². The van der Waals surface area contributed by atoms with Gasteiger partial charge in [-0.15, -0.1) is 0 Å². The molecular weight excluding hydrogens is 235 g/mol. The number of carbonyl (C=O) groups is 1. The van der Waals surface area contributed by atoms with E-state index in [0.717, 1.165) is 18.9 Å². The molecule has 0 spiro atoms. The standard InChI is InChI=1S/C14H17FO3/c1-3-4-8-18-14(17)10(2)13(16)11-6-5-7-12(15)9-11/h5-7,9,13,16H,2-4,8H2,1H3. The average molecular weight is 252 g/mol. The van der Waals surface area contributed by atoms with E-state index in [-0.39, 0.29) is 11.1 Å². The molecule has 3 nitrogen and oxygen atoms in total. The summed E-state index contributed by atoms with van der Waals surface area (Å²) < 4.78 is 17.9. The van der Waals surface area contributed by atoms with Crippen molar-refractivity contribution in [3.63, 3.8) is 0 Å². The summed E-state index contributed by atoms with van der Waals surface area (Å²) in [7, 11) is 0. The number of rotatable bonds is 6. The number of benzene rings is 1. The van der Waals surface area contributed by atoms with Crippen molar-refractivity contribution in [1.29, 1.82) is 0 Å². The minimum Gasteiger partial charge on any atom is -0.462 e. The summed E-state index contributed by atoms with van der Waals surface area (Å²) in [5.74, 6) is -1.13. The number of hydrogen-bond acceptors (Lipinski definition) is 3. The molecule has 1 N–H and O–H groups in total. The Morgan fingerprint density at radius 2 is 2.28 bits per heavy atom. The van der Waals surface area contributed by atoms with Crippen LogP contribution in [-0.4, -0.2) is 17.7 Å². The third kappa shape index (κ3) is 3.96. The zero-order valence-electron chi connectivity index (χ0n) is 10.4. The van der Waals surface area contributed by atoms with Crippen molar-refractivity contribution in [3.8, 4) is 0 Å². The van der Waals surface area contributed by atoms with Crippen LogP contribution in [0.15, 0.2) is 36.4 Å². The lowest BCUT2D eigenvalue weighted by molar-refractivity contribution is -0.140. The summed E-state index contributed by atoms with van der Waals surface area (Å²) in [6, 6.07) is 5.41. The highest BCUT2D eigenvalue weighted by atomic mass is 19.1. The molecular formula is C14H17FO3. The van der Waals surface area contributed by atoms with Crippen LogP contribution >= 0.6 is 0 Å². The Labute approximate surface area is 106 Å². The van der Waals surface area contributed by atoms with E-state index in [1.165, 1.54) is 18.2 Å². The Kier molecular flexibility index (Phi) is 5.52. The topological polar surface area (TPSA) is 46.5 Å². The molecule has 0 bridgehead atoms. The first-order valence-electron chi connectivity index (χ1n) is 5.85. The molecule has 0 aliphatic rings. The van der Waals surface area contributed by atoms with Crippen LogP contribution in [0.3, 0.4) is 0 Å². The van der Waals surface area contributed by atoms with E-state index in [9.17, 15) is 14.3 Å². The van der Waals surface area contributed by atoms with E-state index < -0.39 is 17.9 Å². The lowest BCUT2D eigenvalue weighted by Crippen LogP contribution is -2.14. The molecule has 0 fully saturated rings. The van der Waals surface area contributed by atoms with Crippen LogP contribution in [0.1, 0.15) is 31.4 Å². The van der Waals surface area contributed by atoms with Crippen molar-refractivity contribution in [1.82, 2.24) is 0 Å². The highest BCUT2D eigenvalue weighted by Crippen LogP contribution is 2.21. The molecule has 4 heteroatoms. The quantitative estimate of drug-likeness (QED) is 0.481. The first kappa shape index (κ1) is 14.4. The van der Waals surface area contributed by atoms with Gasteiger partial charge in [-0.1, -0.05) is 32.1 Å². The third-order valence-corrected chi connectivity index (χ3v) is 2.49. The van der Waals surface area contributed by atoms with E-state index in [1.54, 1.807) is 0 Å². The molecule has 0 radical (unpaired) electrons. The van der Waals surface area contributed by atoms with Gasteiger partial charge in [0.2, 0.25) is 0 Å². The summed E-state index contributed by atoms with van der Waals surface area (Å²) in [6.07, 6.45) is 0.427. The van der Waals surface area contributed by atoms with E-state index in [1.807, 2.05) is 6.92 Å². The van der Waals surface area contributed by atoms with Gasteiger partial charge in [0.05, 0.1) is 12.2 Å². The lowest BCUT2D eigenvalue weighted by atomic mass is 10.0. The number of aliphatic hydroxyl groups is 1. The molecule has 0 saturated heterocycles. The molecule has 1 aromatic rings. The second-order valence-corrected chi connectivity index (χ2v) is 3.97. The second-order valence-electron chi connectivity index (χ2n) is 3.97. The number of hydrogen-bond donors (Lipinski definition) is 1. The molecule has 0 aliphatic carbocycles. The van der Waals surface area contributed by atoms with Crippen LogP contribution in [0, 0.1) is 5.82 Å². The first-order chi connectivity index (χ1) is 8.56. The van der Waals surface area contributed by atoms with E-state index in [4.69, 9.17) is 4.74 Å². The van der Waals surface area contributed by atoms with E-state index in [0.29, 0.717) is 6.61 Å². The van der Waals surface area contributed by atoms with Crippen molar-refractivity contribution in [2.75, 3.05) is 6.61 Å². The maximum absolute atomic E-state index is 13.0. The number of ether oxygens (including phenoxy) is 1. The van der Waals surface area contributed by atoms with Crippen LogP contribution in [0.2, 0.25) is 0 Å². The third-order valence-electron chi connectivity index (χ3n) is 2.49. The van der Waals surface area contributed by atoms with Gasteiger partial charge in [0.1, 0.15) is 11.9 Å². The van der Waals surface area contributed by atoms with E-state index in [2.05, 4.69) is 6.58 Å². The van der Waals surface area contributed by atoms with Crippen molar-refractivity contribution in [3.05, 3.63) is 47.8 Å². The molecule has 1 atom stereocenters. The lowest BCUT2D eigenvalue weighted by Gasteiger charge is -2.13. The van der Waals surface area contributed by atoms with Gasteiger partial charge in [-0.05, 0) is 24.1 Å². The van der Waals surface area contributed by atoms with E-state index >= 15 is 0 Å². The van der Waals surface area contributed by atoms with Crippen LogP contribution in [0.4, 0.5) is 4.39 Å². The maximum atomic E-state index is 13.0. The Morgan fingerprint density at radius 3 is 2.89 bits per heavy atom. The average Bonchev–Trinajstić information content (AvgIpc) is 2.37. The van der Waals surface area contributed by atoms with Gasteiger partial charge in [0.15, 0.2) is 0 Å². The molecule has 1 rings (SSSR count). The smallest absolute Gasteiger partial charge is 0.336 e. The summed E-state index contributed by atoms with van der Waals surface area (Å²) in [6.45, 7) is 5.76. The molecule has 0 heterocycles. The number of carbonyl (C=O) groups excluding carboxylic acids is 1. The molecule has 0 amide bonds. The van der Waals surface area contributed by atoms with Gasteiger partial charge in [-0.2, -0.15) is 0 Å². The van der Waals surface area contributed by atoms with Crippen molar-refractivity contribution >= 4 is 5.97 Å². The predicted molar refractivity (Wildman–Crippen MR) is 66.4 cm³/mol. The van der Waals surface area contributed by atoms with Gasteiger partial charge in [-0.3, -0.25) is 0 Å². The molecule has 1 unspecified atom stereocenters. The van der Waals surface area contributed by atoms with Crippen LogP contribution in [0.5, 0.6) is 0 Å². The van der Waals surface area contributed by atoms with Crippen LogP contribution < -0.4 is 0 Å². The highest BCUT2D eigenvalue weighted by Gasteiger charge is 2.19. The number of esters is 1. The molecule has 0 aromatic heterocycles. The minimum absolute atomic E-state index is 0.0864. The zero-order chi connectivity index (χ0) is 13.5. The predicted octanol–water partition coefficient (Wildman–Crippen LogP) is 2.76. The van der Waals surface area contributed by atoms with Gasteiger partial charge >= 0.3 is 5.97 Å². The summed E-state index contributed by atoms with van der Waals surface area (Å²) in [5.41, 5.74) is 0.198. The summed E-state index contributed by atoms with van der Waals surface area (Å²) in [5, 5.41) is 9.87. The van der Waals surface area contributed by atoms with Gasteiger partial charge in [-0.25, -0.2) is 9.18 Å².